The molecule has 0 saturated carbocycles. The number of rotatable bonds is 5. The normalized spacial score (nSPS) is 10.2. The molecule has 0 aliphatic rings. The molecule has 1 aromatic heterocycles. The van der Waals surface area contributed by atoms with Crippen LogP contribution in [0, 0.1) is 0 Å². The molecule has 0 saturated heterocycles. The number of hydrogen-bond donors (Lipinski definition) is 1. The van der Waals surface area contributed by atoms with E-state index >= 15 is 0 Å². The van der Waals surface area contributed by atoms with Crippen molar-refractivity contribution in [2.45, 2.75) is 13.3 Å². The summed E-state index contributed by atoms with van der Waals surface area (Å²) in [5.41, 5.74) is 0.972. The summed E-state index contributed by atoms with van der Waals surface area (Å²) in [6.45, 7) is 2.83. The van der Waals surface area contributed by atoms with E-state index in [4.69, 9.17) is 16.3 Å². The fourth-order valence-corrected chi connectivity index (χ4v) is 2.15. The van der Waals surface area contributed by atoms with Gasteiger partial charge in [0.2, 0.25) is 0 Å². The fraction of sp³-hybridized carbons (Fsp3) is 0.250. The number of thiazole rings is 1. The molecule has 0 radical (unpaired) electrons. The van der Waals surface area contributed by atoms with E-state index in [2.05, 4.69) is 17.2 Å². The first kappa shape index (κ1) is 12.2. The first-order valence-corrected chi connectivity index (χ1v) is 6.64. The topological polar surface area (TPSA) is 34.1 Å². The number of hydrogen-bond acceptors (Lipinski definition) is 4. The van der Waals surface area contributed by atoms with Gasteiger partial charge in [-0.25, -0.2) is 4.98 Å². The zero-order chi connectivity index (χ0) is 12.1. The Morgan fingerprint density at radius 1 is 1.35 bits per heavy atom. The van der Waals surface area contributed by atoms with Crippen LogP contribution in [0.2, 0.25) is 5.15 Å². The highest BCUT2D eigenvalue weighted by molar-refractivity contribution is 7.14. The number of anilines is 2. The molecule has 1 aromatic carbocycles. The predicted octanol–water partition coefficient (Wildman–Crippen LogP) is 4.33. The molecule has 3 nitrogen and oxygen atoms in total. The molecule has 5 heteroatoms. The lowest BCUT2D eigenvalue weighted by atomic mass is 10.3. The summed E-state index contributed by atoms with van der Waals surface area (Å²) in [6, 6.07) is 7.79. The van der Waals surface area contributed by atoms with Gasteiger partial charge in [-0.2, -0.15) is 0 Å². The Kier molecular flexibility index (Phi) is 4.23. The van der Waals surface area contributed by atoms with E-state index in [1.807, 2.05) is 24.3 Å². The molecule has 2 rings (SSSR count). The van der Waals surface area contributed by atoms with Crippen LogP contribution in [0.25, 0.3) is 0 Å². The van der Waals surface area contributed by atoms with Crippen LogP contribution in [-0.4, -0.2) is 11.6 Å². The summed E-state index contributed by atoms with van der Waals surface area (Å²) in [4.78, 5) is 4.12. The van der Waals surface area contributed by atoms with Gasteiger partial charge in [-0.1, -0.05) is 18.5 Å². The molecule has 2 aromatic rings. The van der Waals surface area contributed by atoms with Crippen LogP contribution in [0.1, 0.15) is 13.3 Å². The van der Waals surface area contributed by atoms with E-state index < -0.39 is 0 Å². The molecule has 0 aliphatic carbocycles. The summed E-state index contributed by atoms with van der Waals surface area (Å²) >= 11 is 7.23. The standard InChI is InChI=1S/C12H13ClN2OS/c1-2-7-16-10-5-3-9(4-6-10)14-12-15-11(13)8-17-12/h3-6,8H,2,7H2,1H3,(H,14,15). The smallest absolute Gasteiger partial charge is 0.188 e. The van der Waals surface area contributed by atoms with Crippen molar-refractivity contribution in [1.82, 2.24) is 4.98 Å². The molecule has 1 N–H and O–H groups in total. The Hall–Kier alpha value is -1.26. The van der Waals surface area contributed by atoms with Gasteiger partial charge in [-0.05, 0) is 30.7 Å². The summed E-state index contributed by atoms with van der Waals surface area (Å²) in [5, 5.41) is 6.27. The third-order valence-corrected chi connectivity index (χ3v) is 3.14. The lowest BCUT2D eigenvalue weighted by Crippen LogP contribution is -1.95. The van der Waals surface area contributed by atoms with Crippen molar-refractivity contribution in [3.8, 4) is 5.75 Å². The minimum Gasteiger partial charge on any atom is -0.494 e. The van der Waals surface area contributed by atoms with Crippen molar-refractivity contribution in [3.63, 3.8) is 0 Å². The molecule has 0 bridgehead atoms. The Bertz CT molecular complexity index is 470. The highest BCUT2D eigenvalue weighted by Gasteiger charge is 2.00. The van der Waals surface area contributed by atoms with Gasteiger partial charge in [-0.15, -0.1) is 11.3 Å². The predicted molar refractivity (Wildman–Crippen MR) is 72.6 cm³/mol. The number of ether oxygens (including phenoxy) is 1. The molecule has 90 valence electrons. The van der Waals surface area contributed by atoms with E-state index in [0.29, 0.717) is 5.15 Å². The van der Waals surface area contributed by atoms with Gasteiger partial charge >= 0.3 is 0 Å². The lowest BCUT2D eigenvalue weighted by molar-refractivity contribution is 0.317. The highest BCUT2D eigenvalue weighted by Crippen LogP contribution is 2.24. The van der Waals surface area contributed by atoms with Crippen molar-refractivity contribution < 1.29 is 4.74 Å². The van der Waals surface area contributed by atoms with Gasteiger partial charge in [-0.3, -0.25) is 0 Å². The first-order chi connectivity index (χ1) is 8.28. The summed E-state index contributed by atoms with van der Waals surface area (Å²) in [6.07, 6.45) is 1.01. The minimum atomic E-state index is 0.514. The molecule has 0 atom stereocenters. The highest BCUT2D eigenvalue weighted by atomic mass is 35.5. The van der Waals surface area contributed by atoms with Gasteiger partial charge in [0.05, 0.1) is 6.61 Å². The zero-order valence-corrected chi connectivity index (χ0v) is 11.0. The van der Waals surface area contributed by atoms with Gasteiger partial charge in [0, 0.05) is 11.1 Å². The Morgan fingerprint density at radius 3 is 2.71 bits per heavy atom. The van der Waals surface area contributed by atoms with Gasteiger partial charge in [0.25, 0.3) is 0 Å². The Labute approximate surface area is 109 Å². The molecule has 0 amide bonds. The maximum Gasteiger partial charge on any atom is 0.188 e. The maximum absolute atomic E-state index is 5.75. The summed E-state index contributed by atoms with van der Waals surface area (Å²) in [7, 11) is 0. The van der Waals surface area contributed by atoms with Gasteiger partial charge in [0.15, 0.2) is 5.13 Å². The quantitative estimate of drug-likeness (QED) is 0.876. The SMILES string of the molecule is CCCOc1ccc(Nc2nc(Cl)cs2)cc1. The molecule has 1 heterocycles. The molecule has 0 unspecified atom stereocenters. The third kappa shape index (κ3) is 3.61. The van der Waals surface area contributed by atoms with Crippen molar-refractivity contribution in [2.24, 2.45) is 0 Å². The first-order valence-electron chi connectivity index (χ1n) is 5.39. The van der Waals surface area contributed by atoms with Crippen LogP contribution in [0.4, 0.5) is 10.8 Å². The molecule has 0 fully saturated rings. The number of halogens is 1. The number of nitrogens with one attached hydrogen (secondary N) is 1. The number of aromatic nitrogens is 1. The largest absolute Gasteiger partial charge is 0.494 e. The Morgan fingerprint density at radius 2 is 2.12 bits per heavy atom. The van der Waals surface area contributed by atoms with E-state index in [-0.39, 0.29) is 0 Å². The summed E-state index contributed by atoms with van der Waals surface area (Å²) < 4.78 is 5.50. The van der Waals surface area contributed by atoms with Crippen LogP contribution < -0.4 is 10.1 Å². The average Bonchev–Trinajstić information content (AvgIpc) is 2.74. The monoisotopic (exact) mass is 268 g/mol. The van der Waals surface area contributed by atoms with Crippen LogP contribution in [0.3, 0.4) is 0 Å². The molecular formula is C12H13ClN2OS. The molecule has 0 spiro atoms. The molecule has 0 aliphatic heterocycles. The van der Waals surface area contributed by atoms with Crippen molar-refractivity contribution in [1.29, 1.82) is 0 Å². The van der Waals surface area contributed by atoms with Crippen molar-refractivity contribution in [3.05, 3.63) is 34.8 Å². The van der Waals surface area contributed by atoms with Crippen LogP contribution in [-0.2, 0) is 0 Å². The second kappa shape index (κ2) is 5.89. The van der Waals surface area contributed by atoms with Crippen molar-refractivity contribution >= 4 is 33.8 Å². The average molecular weight is 269 g/mol. The van der Waals surface area contributed by atoms with Gasteiger partial charge < -0.3 is 10.1 Å². The van der Waals surface area contributed by atoms with Crippen LogP contribution >= 0.6 is 22.9 Å². The van der Waals surface area contributed by atoms with E-state index in [1.165, 1.54) is 11.3 Å². The van der Waals surface area contributed by atoms with Crippen LogP contribution in [0.15, 0.2) is 29.6 Å². The Balaban J connectivity index is 1.98. The number of nitrogens with zero attached hydrogens (tertiary/aromatic N) is 1. The van der Waals surface area contributed by atoms with Crippen molar-refractivity contribution in [2.75, 3.05) is 11.9 Å². The second-order valence-electron chi connectivity index (χ2n) is 3.47. The molecule has 17 heavy (non-hydrogen) atoms. The zero-order valence-electron chi connectivity index (χ0n) is 9.44. The fourth-order valence-electron chi connectivity index (χ4n) is 1.29. The third-order valence-electron chi connectivity index (χ3n) is 2.05. The lowest BCUT2D eigenvalue weighted by Gasteiger charge is -2.06. The second-order valence-corrected chi connectivity index (χ2v) is 4.72. The van der Waals surface area contributed by atoms with Crippen LogP contribution in [0.5, 0.6) is 5.75 Å². The number of benzene rings is 1. The van der Waals surface area contributed by atoms with E-state index in [0.717, 1.165) is 29.6 Å². The van der Waals surface area contributed by atoms with Gasteiger partial charge in [0.1, 0.15) is 10.9 Å². The molecular weight excluding hydrogens is 256 g/mol. The summed E-state index contributed by atoms with van der Waals surface area (Å²) in [5.74, 6) is 0.884. The minimum absolute atomic E-state index is 0.514. The van der Waals surface area contributed by atoms with E-state index in [9.17, 15) is 0 Å². The maximum atomic E-state index is 5.75. The van der Waals surface area contributed by atoms with E-state index in [1.54, 1.807) is 5.38 Å².